The second kappa shape index (κ2) is 10.5. The molecule has 33 heavy (non-hydrogen) atoms. The first kappa shape index (κ1) is 23.4. The van der Waals surface area contributed by atoms with E-state index >= 15 is 0 Å². The summed E-state index contributed by atoms with van der Waals surface area (Å²) in [4.78, 5) is 36.0. The fourth-order valence-electron chi connectivity index (χ4n) is 3.54. The lowest BCUT2D eigenvalue weighted by Gasteiger charge is -2.13. The predicted molar refractivity (Wildman–Crippen MR) is 137 cm³/mol. The highest BCUT2D eigenvalue weighted by molar-refractivity contribution is 7.99. The van der Waals surface area contributed by atoms with Gasteiger partial charge in [0.05, 0.1) is 17.8 Å². The summed E-state index contributed by atoms with van der Waals surface area (Å²) in [7, 11) is 0. The first-order valence-electron chi connectivity index (χ1n) is 11.2. The molecule has 6 nitrogen and oxygen atoms in total. The van der Waals surface area contributed by atoms with E-state index in [4.69, 9.17) is 4.98 Å². The average Bonchev–Trinajstić information content (AvgIpc) is 3.19. The van der Waals surface area contributed by atoms with Gasteiger partial charge in [0.1, 0.15) is 9.53 Å². The van der Waals surface area contributed by atoms with Crippen LogP contribution in [0.4, 0.5) is 0 Å². The molecule has 1 aromatic carbocycles. The zero-order chi connectivity index (χ0) is 23.4. The number of nitrogens with one attached hydrogen (secondary N) is 1. The van der Waals surface area contributed by atoms with Crippen molar-refractivity contribution in [2.24, 2.45) is 5.92 Å². The van der Waals surface area contributed by atoms with Crippen molar-refractivity contribution in [3.05, 3.63) is 64.1 Å². The monoisotopic (exact) mass is 480 g/mol. The molecular formula is C25H28N4O2S2. The molecule has 1 amide bonds. The Kier molecular flexibility index (Phi) is 7.45. The molecule has 4 aromatic rings. The van der Waals surface area contributed by atoms with Gasteiger partial charge < -0.3 is 5.32 Å². The van der Waals surface area contributed by atoms with Crippen LogP contribution in [0.25, 0.3) is 20.4 Å². The molecule has 0 atom stereocenters. The van der Waals surface area contributed by atoms with Gasteiger partial charge in [0.15, 0.2) is 5.16 Å². The second-order valence-electron chi connectivity index (χ2n) is 8.41. The van der Waals surface area contributed by atoms with Gasteiger partial charge in [-0.25, -0.2) is 9.97 Å². The standard InChI is InChI=1S/C25H28N4O2S2/c1-4-17-7-9-18(10-8-17)14-29-24(31)22-21(19-6-5-12-27-23(19)33-22)28-25(29)32-15-20(30)26-13-11-16(2)3/h5-10,12,16H,4,11,13-15H2,1-3H3,(H,26,30). The Hall–Kier alpha value is -2.71. The van der Waals surface area contributed by atoms with E-state index in [1.54, 1.807) is 10.8 Å². The number of carbonyl (C=O) groups excluding carboxylic acids is 1. The number of aromatic nitrogens is 3. The summed E-state index contributed by atoms with van der Waals surface area (Å²) in [6.45, 7) is 7.44. The van der Waals surface area contributed by atoms with E-state index in [2.05, 4.69) is 55.3 Å². The minimum absolute atomic E-state index is 0.0503. The minimum atomic E-state index is -0.0923. The Morgan fingerprint density at radius 1 is 1.18 bits per heavy atom. The van der Waals surface area contributed by atoms with Crippen molar-refractivity contribution in [1.82, 2.24) is 19.9 Å². The number of benzene rings is 1. The topological polar surface area (TPSA) is 76.9 Å². The molecule has 0 radical (unpaired) electrons. The molecule has 0 fully saturated rings. The number of pyridine rings is 1. The molecule has 3 heterocycles. The molecule has 172 valence electrons. The summed E-state index contributed by atoms with van der Waals surface area (Å²) in [5.41, 5.74) is 2.85. The van der Waals surface area contributed by atoms with Crippen LogP contribution in [0.15, 0.2) is 52.5 Å². The lowest BCUT2D eigenvalue weighted by Crippen LogP contribution is -2.28. The van der Waals surface area contributed by atoms with Gasteiger partial charge in [0, 0.05) is 18.1 Å². The Bertz CT molecular complexity index is 1330. The highest BCUT2D eigenvalue weighted by Gasteiger charge is 2.18. The third-order valence-corrected chi connectivity index (χ3v) is 7.53. The third kappa shape index (κ3) is 5.45. The van der Waals surface area contributed by atoms with E-state index in [1.165, 1.54) is 28.7 Å². The van der Waals surface area contributed by atoms with Crippen molar-refractivity contribution in [3.63, 3.8) is 0 Å². The number of rotatable bonds is 9. The molecule has 0 unspecified atom stereocenters. The third-order valence-electron chi connectivity index (χ3n) is 5.47. The number of thiophene rings is 1. The number of amides is 1. The van der Waals surface area contributed by atoms with E-state index in [0.717, 1.165) is 28.6 Å². The van der Waals surface area contributed by atoms with Crippen LogP contribution in [-0.4, -0.2) is 32.7 Å². The molecular weight excluding hydrogens is 452 g/mol. The second-order valence-corrected chi connectivity index (χ2v) is 10.4. The van der Waals surface area contributed by atoms with Gasteiger partial charge in [-0.3, -0.25) is 14.2 Å². The van der Waals surface area contributed by atoms with Gasteiger partial charge >= 0.3 is 0 Å². The van der Waals surface area contributed by atoms with Gasteiger partial charge in [0.2, 0.25) is 5.91 Å². The van der Waals surface area contributed by atoms with Crippen molar-refractivity contribution in [2.45, 2.75) is 45.3 Å². The van der Waals surface area contributed by atoms with E-state index in [1.807, 2.05) is 12.1 Å². The van der Waals surface area contributed by atoms with Crippen LogP contribution in [0, 0.1) is 5.92 Å². The maximum Gasteiger partial charge on any atom is 0.272 e. The molecule has 0 spiro atoms. The zero-order valence-corrected chi connectivity index (χ0v) is 20.8. The summed E-state index contributed by atoms with van der Waals surface area (Å²) in [5.74, 6) is 0.697. The Balaban J connectivity index is 1.68. The molecule has 0 aliphatic carbocycles. The molecule has 8 heteroatoms. The van der Waals surface area contributed by atoms with E-state index in [-0.39, 0.29) is 17.2 Å². The van der Waals surface area contributed by atoms with Crippen molar-refractivity contribution >= 4 is 49.4 Å². The largest absolute Gasteiger partial charge is 0.355 e. The highest BCUT2D eigenvalue weighted by Crippen LogP contribution is 2.30. The molecule has 3 aromatic heterocycles. The van der Waals surface area contributed by atoms with Crippen molar-refractivity contribution < 1.29 is 4.79 Å². The van der Waals surface area contributed by atoms with Gasteiger partial charge in [-0.1, -0.05) is 56.8 Å². The van der Waals surface area contributed by atoms with Crippen LogP contribution in [0.1, 0.15) is 38.3 Å². The lowest BCUT2D eigenvalue weighted by atomic mass is 10.1. The average molecular weight is 481 g/mol. The maximum atomic E-state index is 13.5. The predicted octanol–water partition coefficient (Wildman–Crippen LogP) is 4.87. The Morgan fingerprint density at radius 2 is 1.94 bits per heavy atom. The maximum absolute atomic E-state index is 13.5. The first-order valence-corrected chi connectivity index (χ1v) is 13.0. The number of carbonyl (C=O) groups is 1. The zero-order valence-electron chi connectivity index (χ0n) is 19.1. The van der Waals surface area contributed by atoms with E-state index in [0.29, 0.717) is 34.4 Å². The molecule has 0 aliphatic rings. The SMILES string of the molecule is CCc1ccc(Cn2c(SCC(=O)NCCC(C)C)nc3c(sc4ncccc43)c2=O)cc1. The summed E-state index contributed by atoms with van der Waals surface area (Å²) < 4.78 is 2.28. The van der Waals surface area contributed by atoms with Crippen molar-refractivity contribution in [1.29, 1.82) is 0 Å². The fraction of sp³-hybridized carbons (Fsp3) is 0.360. The van der Waals surface area contributed by atoms with E-state index in [9.17, 15) is 9.59 Å². The normalized spacial score (nSPS) is 11.5. The number of aryl methyl sites for hydroxylation is 1. The lowest BCUT2D eigenvalue weighted by molar-refractivity contribution is -0.118. The van der Waals surface area contributed by atoms with Crippen molar-refractivity contribution in [3.8, 4) is 0 Å². The highest BCUT2D eigenvalue weighted by atomic mass is 32.2. The van der Waals surface area contributed by atoms with Crippen LogP contribution >= 0.6 is 23.1 Å². The smallest absolute Gasteiger partial charge is 0.272 e. The van der Waals surface area contributed by atoms with Gasteiger partial charge in [-0.15, -0.1) is 11.3 Å². The number of fused-ring (bicyclic) bond motifs is 3. The first-order chi connectivity index (χ1) is 16.0. The summed E-state index contributed by atoms with van der Waals surface area (Å²) >= 11 is 2.68. The van der Waals surface area contributed by atoms with Crippen LogP contribution in [0.2, 0.25) is 0 Å². The Morgan fingerprint density at radius 3 is 2.67 bits per heavy atom. The fourth-order valence-corrected chi connectivity index (χ4v) is 5.39. The summed E-state index contributed by atoms with van der Waals surface area (Å²) in [6.07, 6.45) is 3.63. The van der Waals surface area contributed by atoms with Crippen LogP contribution in [0.3, 0.4) is 0 Å². The number of thioether (sulfide) groups is 1. The van der Waals surface area contributed by atoms with Gasteiger partial charge in [-0.2, -0.15) is 0 Å². The van der Waals surface area contributed by atoms with Crippen LogP contribution in [-0.2, 0) is 17.8 Å². The summed E-state index contributed by atoms with van der Waals surface area (Å²) in [5, 5.41) is 4.38. The van der Waals surface area contributed by atoms with E-state index < -0.39 is 0 Å². The van der Waals surface area contributed by atoms with Gasteiger partial charge in [-0.05, 0) is 42.0 Å². The molecule has 1 N–H and O–H groups in total. The molecule has 4 rings (SSSR count). The number of nitrogens with zero attached hydrogens (tertiary/aromatic N) is 3. The molecule has 0 bridgehead atoms. The quantitative estimate of drug-likeness (QED) is 0.273. The Labute approximate surface area is 201 Å². The molecule has 0 saturated carbocycles. The van der Waals surface area contributed by atoms with Crippen molar-refractivity contribution in [2.75, 3.05) is 12.3 Å². The van der Waals surface area contributed by atoms with Gasteiger partial charge in [0.25, 0.3) is 5.56 Å². The molecule has 0 saturated heterocycles. The van der Waals surface area contributed by atoms with Crippen LogP contribution < -0.4 is 10.9 Å². The minimum Gasteiger partial charge on any atom is -0.355 e. The number of hydrogen-bond acceptors (Lipinski definition) is 6. The van der Waals surface area contributed by atoms with Crippen LogP contribution in [0.5, 0.6) is 0 Å². The molecule has 0 aliphatic heterocycles. The number of hydrogen-bond donors (Lipinski definition) is 1. The summed E-state index contributed by atoms with van der Waals surface area (Å²) in [6, 6.07) is 12.1.